The molecule has 0 spiro atoms. The smallest absolute Gasteiger partial charge is 0.244 e. The number of anilines is 1. The first-order valence-electron chi connectivity index (χ1n) is 10.4. The second-order valence-corrected chi connectivity index (χ2v) is 9.86. The normalized spacial score (nSPS) is 12.2. The highest BCUT2D eigenvalue weighted by Crippen LogP contribution is 2.22. The molecular weight excluding hydrogens is 450 g/mol. The summed E-state index contributed by atoms with van der Waals surface area (Å²) in [7, 11) is -3.76. The minimum absolute atomic E-state index is 0.194. The maximum atomic E-state index is 13.5. The summed E-state index contributed by atoms with van der Waals surface area (Å²) in [6.07, 6.45) is 1.44. The van der Waals surface area contributed by atoms with Crippen LogP contribution in [0.1, 0.15) is 31.4 Å². The van der Waals surface area contributed by atoms with Crippen molar-refractivity contribution in [3.05, 3.63) is 64.7 Å². The molecule has 0 aliphatic rings. The van der Waals surface area contributed by atoms with Crippen LogP contribution < -0.4 is 9.62 Å². The first kappa shape index (κ1) is 25.7. The minimum atomic E-state index is -3.76. The van der Waals surface area contributed by atoms with Crippen molar-refractivity contribution in [1.82, 2.24) is 10.2 Å². The molecule has 174 valence electrons. The molecule has 9 heteroatoms. The Morgan fingerprint density at radius 3 is 2.22 bits per heavy atom. The predicted molar refractivity (Wildman–Crippen MR) is 128 cm³/mol. The molecule has 7 nitrogen and oxygen atoms in total. The van der Waals surface area contributed by atoms with Crippen LogP contribution in [0.25, 0.3) is 0 Å². The van der Waals surface area contributed by atoms with E-state index in [2.05, 4.69) is 5.32 Å². The number of likely N-dealkylation sites (N-methyl/N-ethyl adjacent to an activating group) is 1. The largest absolute Gasteiger partial charge is 0.355 e. The third-order valence-corrected chi connectivity index (χ3v) is 6.53. The molecule has 2 rings (SSSR count). The number of nitrogens with zero attached hydrogens (tertiary/aromatic N) is 2. The Bertz CT molecular complexity index is 1040. The molecule has 0 aliphatic heterocycles. The van der Waals surface area contributed by atoms with Gasteiger partial charge in [-0.15, -0.1) is 0 Å². The molecule has 32 heavy (non-hydrogen) atoms. The molecule has 1 N–H and O–H groups in total. The van der Waals surface area contributed by atoms with Crippen LogP contribution in [-0.4, -0.2) is 50.5 Å². The molecule has 0 saturated carbocycles. The predicted octanol–water partition coefficient (Wildman–Crippen LogP) is 3.36. The fourth-order valence-electron chi connectivity index (χ4n) is 3.40. The highest BCUT2D eigenvalue weighted by molar-refractivity contribution is 7.92. The van der Waals surface area contributed by atoms with Gasteiger partial charge in [-0.25, -0.2) is 8.42 Å². The maximum absolute atomic E-state index is 13.5. The standard InChI is InChI=1S/C23H30ClN3O4S/c1-5-21(23(29)25-6-2)26(15-18-10-8-7-9-17(18)3)22(28)16-27(32(4,30)31)20-13-11-19(24)12-14-20/h7-14,21H,5-6,15-16H2,1-4H3,(H,25,29). The van der Waals surface area contributed by atoms with Crippen molar-refractivity contribution < 1.29 is 18.0 Å². The Kier molecular flexibility index (Phi) is 9.09. The number of halogens is 1. The number of benzene rings is 2. The van der Waals surface area contributed by atoms with E-state index in [1.807, 2.05) is 45.0 Å². The fourth-order valence-corrected chi connectivity index (χ4v) is 4.38. The number of sulfonamides is 1. The van der Waals surface area contributed by atoms with E-state index in [1.54, 1.807) is 24.3 Å². The monoisotopic (exact) mass is 479 g/mol. The number of rotatable bonds is 10. The van der Waals surface area contributed by atoms with Gasteiger partial charge in [0.25, 0.3) is 0 Å². The van der Waals surface area contributed by atoms with E-state index in [4.69, 9.17) is 11.6 Å². The van der Waals surface area contributed by atoms with Crippen molar-refractivity contribution in [3.63, 3.8) is 0 Å². The van der Waals surface area contributed by atoms with Gasteiger partial charge in [-0.2, -0.15) is 0 Å². The highest BCUT2D eigenvalue weighted by atomic mass is 35.5. The van der Waals surface area contributed by atoms with E-state index >= 15 is 0 Å². The summed E-state index contributed by atoms with van der Waals surface area (Å²) in [5.41, 5.74) is 2.20. The average Bonchev–Trinajstić information content (AvgIpc) is 2.73. The summed E-state index contributed by atoms with van der Waals surface area (Å²) in [4.78, 5) is 27.7. The Labute approximate surface area is 195 Å². The second-order valence-electron chi connectivity index (χ2n) is 7.51. The van der Waals surface area contributed by atoms with Crippen LogP contribution in [0.5, 0.6) is 0 Å². The topological polar surface area (TPSA) is 86.8 Å². The zero-order chi connectivity index (χ0) is 23.9. The van der Waals surface area contributed by atoms with Crippen molar-refractivity contribution in [1.29, 1.82) is 0 Å². The Morgan fingerprint density at radius 2 is 1.69 bits per heavy atom. The van der Waals surface area contributed by atoms with Crippen molar-refractivity contribution in [2.24, 2.45) is 0 Å². The molecule has 2 aromatic rings. The lowest BCUT2D eigenvalue weighted by Gasteiger charge is -2.33. The maximum Gasteiger partial charge on any atom is 0.244 e. The summed E-state index contributed by atoms with van der Waals surface area (Å²) in [6.45, 7) is 5.76. The van der Waals surface area contributed by atoms with Crippen LogP contribution >= 0.6 is 11.6 Å². The van der Waals surface area contributed by atoms with Crippen molar-refractivity contribution in [3.8, 4) is 0 Å². The lowest BCUT2D eigenvalue weighted by molar-refractivity contribution is -0.140. The first-order valence-corrected chi connectivity index (χ1v) is 12.7. The number of carbonyl (C=O) groups excluding carboxylic acids is 2. The molecule has 2 aromatic carbocycles. The third-order valence-electron chi connectivity index (χ3n) is 5.13. The van der Waals surface area contributed by atoms with E-state index in [9.17, 15) is 18.0 Å². The number of hydrogen-bond donors (Lipinski definition) is 1. The van der Waals surface area contributed by atoms with E-state index in [0.29, 0.717) is 23.7 Å². The minimum Gasteiger partial charge on any atom is -0.355 e. The Balaban J connectivity index is 2.43. The summed E-state index contributed by atoms with van der Waals surface area (Å²) < 4.78 is 26.0. The van der Waals surface area contributed by atoms with Gasteiger partial charge in [0.05, 0.1) is 11.9 Å². The number of aryl methyl sites for hydroxylation is 1. The van der Waals surface area contributed by atoms with Gasteiger partial charge in [0.15, 0.2) is 0 Å². The SMILES string of the molecule is CCNC(=O)C(CC)N(Cc1ccccc1C)C(=O)CN(c1ccc(Cl)cc1)S(C)(=O)=O. The molecule has 0 saturated heterocycles. The van der Waals surface area contributed by atoms with Crippen LogP contribution in [0.15, 0.2) is 48.5 Å². The summed E-state index contributed by atoms with van der Waals surface area (Å²) >= 11 is 5.93. The van der Waals surface area contributed by atoms with E-state index in [0.717, 1.165) is 21.7 Å². The quantitative estimate of drug-likeness (QED) is 0.566. The lowest BCUT2D eigenvalue weighted by atomic mass is 10.1. The van der Waals surface area contributed by atoms with Crippen LogP contribution in [-0.2, 0) is 26.2 Å². The van der Waals surface area contributed by atoms with Gasteiger partial charge in [-0.3, -0.25) is 13.9 Å². The van der Waals surface area contributed by atoms with Crippen LogP contribution in [0, 0.1) is 6.92 Å². The van der Waals surface area contributed by atoms with Gasteiger partial charge >= 0.3 is 0 Å². The molecule has 0 heterocycles. The van der Waals surface area contributed by atoms with Gasteiger partial charge < -0.3 is 10.2 Å². The Morgan fingerprint density at radius 1 is 1.06 bits per heavy atom. The number of hydrogen-bond acceptors (Lipinski definition) is 4. The van der Waals surface area contributed by atoms with Crippen LogP contribution in [0.4, 0.5) is 5.69 Å². The zero-order valence-corrected chi connectivity index (χ0v) is 20.4. The molecule has 0 radical (unpaired) electrons. The van der Waals surface area contributed by atoms with Crippen molar-refractivity contribution in [2.75, 3.05) is 23.7 Å². The number of carbonyl (C=O) groups is 2. The average molecular weight is 480 g/mol. The van der Waals surface area contributed by atoms with Gasteiger partial charge in [0.2, 0.25) is 21.8 Å². The molecule has 0 fully saturated rings. The molecule has 1 unspecified atom stereocenters. The molecule has 0 aliphatic carbocycles. The van der Waals surface area contributed by atoms with Gasteiger partial charge in [0.1, 0.15) is 12.6 Å². The third kappa shape index (κ3) is 6.71. The van der Waals surface area contributed by atoms with E-state index < -0.39 is 28.5 Å². The van der Waals surface area contributed by atoms with Crippen LogP contribution in [0.3, 0.4) is 0 Å². The van der Waals surface area contributed by atoms with Gasteiger partial charge in [0, 0.05) is 18.1 Å². The van der Waals surface area contributed by atoms with E-state index in [-0.39, 0.29) is 12.5 Å². The molecule has 0 aromatic heterocycles. The van der Waals surface area contributed by atoms with E-state index in [1.165, 1.54) is 4.90 Å². The molecule has 1 atom stereocenters. The second kappa shape index (κ2) is 11.3. The summed E-state index contributed by atoms with van der Waals surface area (Å²) in [5.74, 6) is -0.735. The van der Waals surface area contributed by atoms with Crippen molar-refractivity contribution in [2.45, 2.75) is 39.8 Å². The first-order chi connectivity index (χ1) is 15.1. The number of amides is 2. The van der Waals surface area contributed by atoms with Gasteiger partial charge in [-0.05, 0) is 55.7 Å². The number of nitrogens with one attached hydrogen (secondary N) is 1. The summed E-state index contributed by atoms with van der Waals surface area (Å²) in [6, 6.07) is 13.1. The van der Waals surface area contributed by atoms with Gasteiger partial charge in [-0.1, -0.05) is 42.8 Å². The fraction of sp³-hybridized carbons (Fsp3) is 0.391. The zero-order valence-electron chi connectivity index (χ0n) is 18.8. The van der Waals surface area contributed by atoms with Crippen LogP contribution in [0.2, 0.25) is 5.02 Å². The highest BCUT2D eigenvalue weighted by Gasteiger charge is 2.31. The molecular formula is C23H30ClN3O4S. The summed E-state index contributed by atoms with van der Waals surface area (Å²) in [5, 5.41) is 3.23. The Hall–Kier alpha value is -2.58. The molecule has 2 amide bonds. The molecule has 0 bridgehead atoms. The van der Waals surface area contributed by atoms with Crippen molar-refractivity contribution >= 4 is 39.1 Å². The lowest BCUT2D eigenvalue weighted by Crippen LogP contribution is -2.52.